The third-order valence-corrected chi connectivity index (χ3v) is 4.76. The van der Waals surface area contributed by atoms with Crippen molar-refractivity contribution in [1.29, 1.82) is 0 Å². The normalized spacial score (nSPS) is 19.9. The molecular weight excluding hydrogens is 294 g/mol. The predicted molar refractivity (Wildman–Crippen MR) is 85.5 cm³/mol. The maximum atomic E-state index is 12.4. The molecule has 2 fully saturated rings. The molecule has 2 aliphatic rings. The van der Waals surface area contributed by atoms with Crippen molar-refractivity contribution in [2.24, 2.45) is 5.92 Å². The molecule has 0 radical (unpaired) electrons. The maximum Gasteiger partial charge on any atom is 0.234 e. The zero-order valence-corrected chi connectivity index (χ0v) is 13.5. The van der Waals surface area contributed by atoms with Gasteiger partial charge in [-0.15, -0.1) is 0 Å². The van der Waals surface area contributed by atoms with Crippen molar-refractivity contribution < 1.29 is 14.0 Å². The van der Waals surface area contributed by atoms with E-state index in [1.165, 1.54) is 0 Å². The van der Waals surface area contributed by atoms with Crippen molar-refractivity contribution in [2.45, 2.75) is 32.2 Å². The fourth-order valence-electron chi connectivity index (χ4n) is 3.39. The number of likely N-dealkylation sites (tertiary alicyclic amines) is 2. The first-order chi connectivity index (χ1) is 11.2. The van der Waals surface area contributed by atoms with Crippen LogP contribution in [0.15, 0.2) is 22.8 Å². The second kappa shape index (κ2) is 7.64. The van der Waals surface area contributed by atoms with Crippen LogP contribution in [-0.4, -0.2) is 54.3 Å². The van der Waals surface area contributed by atoms with Crippen molar-refractivity contribution in [1.82, 2.24) is 15.1 Å². The molecule has 126 valence electrons. The van der Waals surface area contributed by atoms with E-state index in [-0.39, 0.29) is 11.8 Å². The number of nitrogens with one attached hydrogen (secondary N) is 1. The molecule has 2 saturated heterocycles. The number of carbonyl (C=O) groups is 2. The molecule has 0 saturated carbocycles. The van der Waals surface area contributed by atoms with Crippen LogP contribution in [0.1, 0.15) is 31.4 Å². The predicted octanol–water partition coefficient (Wildman–Crippen LogP) is 1.23. The molecule has 2 amide bonds. The number of amides is 2. The molecule has 2 aliphatic heterocycles. The van der Waals surface area contributed by atoms with Gasteiger partial charge in [-0.2, -0.15) is 0 Å². The van der Waals surface area contributed by atoms with Crippen LogP contribution in [0, 0.1) is 5.92 Å². The van der Waals surface area contributed by atoms with E-state index in [0.29, 0.717) is 19.0 Å². The number of rotatable bonds is 5. The van der Waals surface area contributed by atoms with Gasteiger partial charge < -0.3 is 14.6 Å². The Hall–Kier alpha value is -1.82. The number of nitrogens with zero attached hydrogens (tertiary/aromatic N) is 2. The third kappa shape index (κ3) is 4.34. The van der Waals surface area contributed by atoms with E-state index in [1.807, 2.05) is 17.0 Å². The van der Waals surface area contributed by atoms with Gasteiger partial charge in [0.15, 0.2) is 0 Å². The van der Waals surface area contributed by atoms with Gasteiger partial charge in [0.1, 0.15) is 5.76 Å². The summed E-state index contributed by atoms with van der Waals surface area (Å²) < 4.78 is 5.19. The van der Waals surface area contributed by atoms with Crippen LogP contribution in [0.2, 0.25) is 0 Å². The van der Waals surface area contributed by atoms with Crippen molar-refractivity contribution in [3.05, 3.63) is 24.2 Å². The number of carbonyl (C=O) groups excluding carboxylic acids is 2. The molecule has 23 heavy (non-hydrogen) atoms. The van der Waals surface area contributed by atoms with Crippen molar-refractivity contribution in [3.8, 4) is 0 Å². The van der Waals surface area contributed by atoms with E-state index >= 15 is 0 Å². The highest BCUT2D eigenvalue weighted by Gasteiger charge is 2.30. The summed E-state index contributed by atoms with van der Waals surface area (Å²) in [5.41, 5.74) is 0. The Morgan fingerprint density at radius 3 is 2.57 bits per heavy atom. The van der Waals surface area contributed by atoms with Crippen LogP contribution in [0.3, 0.4) is 0 Å². The van der Waals surface area contributed by atoms with Crippen molar-refractivity contribution >= 4 is 11.8 Å². The largest absolute Gasteiger partial charge is 0.467 e. The first-order valence-electron chi connectivity index (χ1n) is 8.52. The SMILES string of the molecule is O=C(CN1CCC(C(=O)N2CCCC2)CC1)NCc1ccco1. The van der Waals surface area contributed by atoms with Gasteiger partial charge in [-0.05, 0) is 50.9 Å². The first kappa shape index (κ1) is 16.1. The Morgan fingerprint density at radius 2 is 1.91 bits per heavy atom. The minimum absolute atomic E-state index is 0.00530. The number of furan rings is 1. The van der Waals surface area contributed by atoms with Gasteiger partial charge in [0.25, 0.3) is 0 Å². The fourth-order valence-corrected chi connectivity index (χ4v) is 3.39. The third-order valence-electron chi connectivity index (χ3n) is 4.76. The van der Waals surface area contributed by atoms with E-state index in [0.717, 1.165) is 57.6 Å². The van der Waals surface area contributed by atoms with E-state index in [2.05, 4.69) is 10.2 Å². The molecular formula is C17H25N3O3. The number of piperidine rings is 1. The Kier molecular flexibility index (Phi) is 5.33. The monoisotopic (exact) mass is 319 g/mol. The minimum atomic E-state index is 0.00530. The lowest BCUT2D eigenvalue weighted by atomic mass is 9.95. The van der Waals surface area contributed by atoms with E-state index in [9.17, 15) is 9.59 Å². The van der Waals surface area contributed by atoms with Crippen LogP contribution < -0.4 is 5.32 Å². The minimum Gasteiger partial charge on any atom is -0.467 e. The van der Waals surface area contributed by atoms with Crippen LogP contribution in [0.4, 0.5) is 0 Å². The summed E-state index contributed by atoms with van der Waals surface area (Å²) in [7, 11) is 0. The topological polar surface area (TPSA) is 65.8 Å². The molecule has 0 aromatic carbocycles. The van der Waals surface area contributed by atoms with Gasteiger partial charge >= 0.3 is 0 Å². The molecule has 6 heteroatoms. The summed E-state index contributed by atoms with van der Waals surface area (Å²) in [6.07, 6.45) is 5.60. The summed E-state index contributed by atoms with van der Waals surface area (Å²) in [5.74, 6) is 1.24. The molecule has 1 N–H and O–H groups in total. The Balaban J connectivity index is 1.37. The summed E-state index contributed by atoms with van der Waals surface area (Å²) in [4.78, 5) is 28.5. The van der Waals surface area contributed by atoms with Gasteiger partial charge in [0.2, 0.25) is 11.8 Å². The van der Waals surface area contributed by atoms with Crippen molar-refractivity contribution in [3.63, 3.8) is 0 Å². The highest BCUT2D eigenvalue weighted by Crippen LogP contribution is 2.21. The fraction of sp³-hybridized carbons (Fsp3) is 0.647. The molecule has 1 aromatic heterocycles. The first-order valence-corrected chi connectivity index (χ1v) is 8.52. The van der Waals surface area contributed by atoms with Crippen LogP contribution in [-0.2, 0) is 16.1 Å². The quantitative estimate of drug-likeness (QED) is 0.886. The molecule has 0 bridgehead atoms. The summed E-state index contributed by atoms with van der Waals surface area (Å²) >= 11 is 0. The maximum absolute atomic E-state index is 12.4. The summed E-state index contributed by atoms with van der Waals surface area (Å²) in [6, 6.07) is 3.65. The molecule has 1 aromatic rings. The molecule has 0 aliphatic carbocycles. The lowest BCUT2D eigenvalue weighted by Gasteiger charge is -2.32. The Labute approximate surface area is 136 Å². The zero-order chi connectivity index (χ0) is 16.1. The summed E-state index contributed by atoms with van der Waals surface area (Å²) in [6.45, 7) is 4.31. The van der Waals surface area contributed by atoms with Gasteiger partial charge in [0, 0.05) is 19.0 Å². The molecule has 3 heterocycles. The van der Waals surface area contributed by atoms with Crippen LogP contribution >= 0.6 is 0 Å². The molecule has 3 rings (SSSR count). The van der Waals surface area contributed by atoms with Crippen molar-refractivity contribution in [2.75, 3.05) is 32.7 Å². The molecule has 0 unspecified atom stereocenters. The second-order valence-electron chi connectivity index (χ2n) is 6.44. The smallest absolute Gasteiger partial charge is 0.234 e. The van der Waals surface area contributed by atoms with Crippen LogP contribution in [0.5, 0.6) is 0 Å². The zero-order valence-electron chi connectivity index (χ0n) is 13.5. The Bertz CT molecular complexity index is 515. The summed E-state index contributed by atoms with van der Waals surface area (Å²) in [5, 5.41) is 2.86. The highest BCUT2D eigenvalue weighted by atomic mass is 16.3. The number of hydrogen-bond donors (Lipinski definition) is 1. The van der Waals surface area contributed by atoms with E-state index in [4.69, 9.17) is 4.42 Å². The average molecular weight is 319 g/mol. The average Bonchev–Trinajstić information content (AvgIpc) is 3.26. The molecule has 6 nitrogen and oxygen atoms in total. The Morgan fingerprint density at radius 1 is 1.17 bits per heavy atom. The standard InChI is InChI=1S/C17H25N3O3/c21-16(18-12-15-4-3-11-23-15)13-19-9-5-14(6-10-19)17(22)20-7-1-2-8-20/h3-4,11,14H,1-2,5-10,12-13H2,(H,18,21). The van der Waals surface area contributed by atoms with E-state index in [1.54, 1.807) is 6.26 Å². The number of hydrogen-bond acceptors (Lipinski definition) is 4. The van der Waals surface area contributed by atoms with Gasteiger partial charge in [-0.25, -0.2) is 0 Å². The van der Waals surface area contributed by atoms with Gasteiger partial charge in [-0.1, -0.05) is 0 Å². The molecule has 0 atom stereocenters. The second-order valence-corrected chi connectivity index (χ2v) is 6.44. The van der Waals surface area contributed by atoms with Gasteiger partial charge in [0.05, 0.1) is 19.4 Å². The highest BCUT2D eigenvalue weighted by molar-refractivity contribution is 5.79. The van der Waals surface area contributed by atoms with Crippen LogP contribution in [0.25, 0.3) is 0 Å². The van der Waals surface area contributed by atoms with Gasteiger partial charge in [-0.3, -0.25) is 14.5 Å². The lowest BCUT2D eigenvalue weighted by Crippen LogP contribution is -2.44. The van der Waals surface area contributed by atoms with E-state index < -0.39 is 0 Å². The lowest BCUT2D eigenvalue weighted by molar-refractivity contribution is -0.136. The molecule has 0 spiro atoms.